The lowest BCUT2D eigenvalue weighted by Gasteiger charge is -2.34. The number of methoxy groups -OCH3 is 1. The molecule has 122 valence electrons. The molecule has 4 nitrogen and oxygen atoms in total. The number of benzene rings is 1. The van der Waals surface area contributed by atoms with Gasteiger partial charge in [-0.1, -0.05) is 19.1 Å². The number of hydrogen-bond donors (Lipinski definition) is 1. The lowest BCUT2D eigenvalue weighted by molar-refractivity contribution is -0.136. The average Bonchev–Trinajstić information content (AvgIpc) is 2.94. The molecule has 2 aliphatic heterocycles. The van der Waals surface area contributed by atoms with E-state index in [9.17, 15) is 4.79 Å². The first-order valence-corrected chi connectivity index (χ1v) is 7.82. The molecule has 3 rings (SSSR count). The fraction of sp³-hybridized carbons (Fsp3) is 0.588. The molecule has 0 spiro atoms. The summed E-state index contributed by atoms with van der Waals surface area (Å²) < 4.78 is 5.20. The van der Waals surface area contributed by atoms with Crippen LogP contribution in [0.4, 0.5) is 0 Å². The van der Waals surface area contributed by atoms with Crippen molar-refractivity contribution >= 4 is 18.3 Å². The molecule has 2 heterocycles. The van der Waals surface area contributed by atoms with Crippen LogP contribution in [0.5, 0.6) is 5.75 Å². The van der Waals surface area contributed by atoms with Crippen molar-refractivity contribution in [3.8, 4) is 5.75 Å². The van der Waals surface area contributed by atoms with Crippen LogP contribution >= 0.6 is 12.4 Å². The third kappa shape index (κ3) is 3.39. The summed E-state index contributed by atoms with van der Waals surface area (Å²) in [5.41, 5.74) is 1.31. The SMILES string of the molecule is COc1ccc(C2CCN(C(=O)C(C)C3CNC3)C2)cc1.Cl. The van der Waals surface area contributed by atoms with Crippen molar-refractivity contribution in [2.45, 2.75) is 19.3 Å². The predicted molar refractivity (Wildman–Crippen MR) is 89.7 cm³/mol. The molecule has 5 heteroatoms. The molecule has 1 amide bonds. The van der Waals surface area contributed by atoms with Crippen molar-refractivity contribution in [3.63, 3.8) is 0 Å². The highest BCUT2D eigenvalue weighted by Gasteiger charge is 2.35. The number of carbonyl (C=O) groups is 1. The standard InChI is InChI=1S/C17H24N2O2.ClH/c1-12(15-9-18-10-15)17(20)19-8-7-14(11-19)13-3-5-16(21-2)6-4-13;/h3-6,12,14-15,18H,7-11H2,1-2H3;1H. The Morgan fingerprint density at radius 1 is 1.32 bits per heavy atom. The van der Waals surface area contributed by atoms with E-state index in [4.69, 9.17) is 4.74 Å². The molecule has 22 heavy (non-hydrogen) atoms. The van der Waals surface area contributed by atoms with Crippen molar-refractivity contribution in [1.29, 1.82) is 0 Å². The zero-order valence-corrected chi connectivity index (χ0v) is 14.1. The number of carbonyl (C=O) groups excluding carboxylic acids is 1. The number of likely N-dealkylation sites (tertiary alicyclic amines) is 1. The fourth-order valence-corrected chi connectivity index (χ4v) is 3.26. The Kier molecular flexibility index (Phi) is 5.70. The number of hydrogen-bond acceptors (Lipinski definition) is 3. The number of amides is 1. The summed E-state index contributed by atoms with van der Waals surface area (Å²) in [5.74, 6) is 2.36. The highest BCUT2D eigenvalue weighted by molar-refractivity contribution is 5.85. The summed E-state index contributed by atoms with van der Waals surface area (Å²) in [4.78, 5) is 14.6. The Labute approximate surface area is 138 Å². The maximum absolute atomic E-state index is 12.5. The van der Waals surface area contributed by atoms with Gasteiger partial charge in [-0.15, -0.1) is 12.4 Å². The second-order valence-electron chi connectivity index (χ2n) is 6.25. The number of nitrogens with one attached hydrogen (secondary N) is 1. The van der Waals surface area contributed by atoms with Gasteiger partial charge in [0.2, 0.25) is 5.91 Å². The van der Waals surface area contributed by atoms with Crippen molar-refractivity contribution < 1.29 is 9.53 Å². The minimum Gasteiger partial charge on any atom is -0.497 e. The molecule has 0 radical (unpaired) electrons. The van der Waals surface area contributed by atoms with Gasteiger partial charge in [-0.25, -0.2) is 0 Å². The summed E-state index contributed by atoms with van der Waals surface area (Å²) in [6.45, 7) is 5.80. The van der Waals surface area contributed by atoms with Crippen LogP contribution in [0, 0.1) is 11.8 Å². The lowest BCUT2D eigenvalue weighted by Crippen LogP contribution is -2.50. The molecule has 1 N–H and O–H groups in total. The molecule has 0 bridgehead atoms. The third-order valence-electron chi connectivity index (χ3n) is 5.00. The van der Waals surface area contributed by atoms with Crippen LogP contribution in [-0.2, 0) is 4.79 Å². The van der Waals surface area contributed by atoms with Gasteiger partial charge in [0.1, 0.15) is 5.75 Å². The molecule has 2 aliphatic rings. The summed E-state index contributed by atoms with van der Waals surface area (Å²) in [6, 6.07) is 8.25. The van der Waals surface area contributed by atoms with Crippen LogP contribution in [0.25, 0.3) is 0 Å². The molecular formula is C17H25ClN2O2. The van der Waals surface area contributed by atoms with Gasteiger partial charge in [0, 0.05) is 24.9 Å². The Balaban J connectivity index is 0.00000176. The number of ether oxygens (including phenoxy) is 1. The Morgan fingerprint density at radius 3 is 2.55 bits per heavy atom. The molecule has 2 unspecified atom stereocenters. The molecule has 0 aromatic heterocycles. The Morgan fingerprint density at radius 2 is 2.00 bits per heavy atom. The van der Waals surface area contributed by atoms with Gasteiger partial charge in [-0.3, -0.25) is 4.79 Å². The first-order chi connectivity index (χ1) is 10.2. The fourth-order valence-electron chi connectivity index (χ4n) is 3.26. The molecule has 2 saturated heterocycles. The van der Waals surface area contributed by atoms with E-state index in [2.05, 4.69) is 29.3 Å². The predicted octanol–water partition coefficient (Wildman–Crippen LogP) is 2.29. The van der Waals surface area contributed by atoms with E-state index in [1.165, 1.54) is 5.56 Å². The van der Waals surface area contributed by atoms with E-state index in [-0.39, 0.29) is 18.3 Å². The average molecular weight is 325 g/mol. The van der Waals surface area contributed by atoms with Crippen LogP contribution in [0.1, 0.15) is 24.8 Å². The molecule has 1 aromatic rings. The Hall–Kier alpha value is -1.26. The Bertz CT molecular complexity index is 502. The van der Waals surface area contributed by atoms with E-state index in [1.807, 2.05) is 12.1 Å². The van der Waals surface area contributed by atoms with Crippen molar-refractivity contribution in [1.82, 2.24) is 10.2 Å². The minimum absolute atomic E-state index is 0. The first kappa shape index (κ1) is 17.1. The van der Waals surface area contributed by atoms with E-state index < -0.39 is 0 Å². The molecule has 2 fully saturated rings. The molecule has 0 aliphatic carbocycles. The van der Waals surface area contributed by atoms with E-state index in [0.29, 0.717) is 17.7 Å². The third-order valence-corrected chi connectivity index (χ3v) is 5.00. The minimum atomic E-state index is 0. The van der Waals surface area contributed by atoms with Gasteiger partial charge < -0.3 is 15.0 Å². The molecule has 0 saturated carbocycles. The van der Waals surface area contributed by atoms with Gasteiger partial charge in [-0.05, 0) is 43.1 Å². The quantitative estimate of drug-likeness (QED) is 0.924. The smallest absolute Gasteiger partial charge is 0.225 e. The van der Waals surface area contributed by atoms with Gasteiger partial charge in [0.25, 0.3) is 0 Å². The van der Waals surface area contributed by atoms with Gasteiger partial charge in [-0.2, -0.15) is 0 Å². The number of rotatable bonds is 4. The highest BCUT2D eigenvalue weighted by Crippen LogP contribution is 2.30. The lowest BCUT2D eigenvalue weighted by atomic mass is 9.88. The second-order valence-corrected chi connectivity index (χ2v) is 6.25. The topological polar surface area (TPSA) is 41.6 Å². The normalized spacial score (nSPS) is 22.6. The van der Waals surface area contributed by atoms with E-state index in [1.54, 1.807) is 7.11 Å². The van der Waals surface area contributed by atoms with E-state index in [0.717, 1.165) is 38.3 Å². The van der Waals surface area contributed by atoms with Crippen LogP contribution in [0.15, 0.2) is 24.3 Å². The zero-order valence-electron chi connectivity index (χ0n) is 13.2. The first-order valence-electron chi connectivity index (χ1n) is 7.82. The largest absolute Gasteiger partial charge is 0.497 e. The second kappa shape index (κ2) is 7.34. The summed E-state index contributed by atoms with van der Waals surface area (Å²) in [6.07, 6.45) is 1.06. The maximum atomic E-state index is 12.5. The highest BCUT2D eigenvalue weighted by atomic mass is 35.5. The van der Waals surface area contributed by atoms with Gasteiger partial charge in [0.05, 0.1) is 7.11 Å². The van der Waals surface area contributed by atoms with Crippen molar-refractivity contribution in [3.05, 3.63) is 29.8 Å². The zero-order chi connectivity index (χ0) is 14.8. The number of nitrogens with zero attached hydrogens (tertiary/aromatic N) is 1. The van der Waals surface area contributed by atoms with Crippen molar-refractivity contribution in [2.24, 2.45) is 11.8 Å². The summed E-state index contributed by atoms with van der Waals surface area (Å²) in [5, 5.41) is 3.25. The summed E-state index contributed by atoms with van der Waals surface area (Å²) >= 11 is 0. The molecule has 2 atom stereocenters. The van der Waals surface area contributed by atoms with Gasteiger partial charge in [0.15, 0.2) is 0 Å². The maximum Gasteiger partial charge on any atom is 0.225 e. The van der Waals surface area contributed by atoms with Crippen LogP contribution < -0.4 is 10.1 Å². The van der Waals surface area contributed by atoms with Crippen molar-refractivity contribution in [2.75, 3.05) is 33.3 Å². The van der Waals surface area contributed by atoms with Crippen LogP contribution in [-0.4, -0.2) is 44.1 Å². The monoisotopic (exact) mass is 324 g/mol. The summed E-state index contributed by atoms with van der Waals surface area (Å²) in [7, 11) is 1.68. The molecular weight excluding hydrogens is 300 g/mol. The molecule has 1 aromatic carbocycles. The van der Waals surface area contributed by atoms with Crippen LogP contribution in [0.2, 0.25) is 0 Å². The number of halogens is 1. The van der Waals surface area contributed by atoms with E-state index >= 15 is 0 Å². The van der Waals surface area contributed by atoms with Crippen LogP contribution in [0.3, 0.4) is 0 Å². The van der Waals surface area contributed by atoms with Gasteiger partial charge >= 0.3 is 0 Å².